The molecule has 1 N–H and O–H groups in total. The zero-order chi connectivity index (χ0) is 14.1. The summed E-state index contributed by atoms with van der Waals surface area (Å²) in [7, 11) is 0. The Morgan fingerprint density at radius 1 is 1.10 bits per heavy atom. The Bertz CT molecular complexity index is 439. The molecule has 0 amide bonds. The maximum Gasteiger partial charge on any atom is 0.119 e. The topological polar surface area (TPSA) is 21.3 Å². The number of hydrogen-bond donors (Lipinski definition) is 1. The number of nitrogens with one attached hydrogen (secondary N) is 1. The second-order valence-corrected chi connectivity index (χ2v) is 6.73. The van der Waals surface area contributed by atoms with E-state index in [2.05, 4.69) is 36.5 Å². The maximum absolute atomic E-state index is 5.56. The quantitative estimate of drug-likeness (QED) is 0.849. The molecular weight excluding hydrogens is 246 g/mol. The van der Waals surface area contributed by atoms with Gasteiger partial charge in [-0.05, 0) is 62.3 Å². The van der Waals surface area contributed by atoms with Crippen LogP contribution in [0.5, 0.6) is 5.75 Å². The smallest absolute Gasteiger partial charge is 0.119 e. The molecule has 2 aliphatic rings. The minimum atomic E-state index is 0.376. The molecule has 2 nitrogen and oxygen atoms in total. The summed E-state index contributed by atoms with van der Waals surface area (Å²) in [6.45, 7) is 7.16. The van der Waals surface area contributed by atoms with E-state index in [1.165, 1.54) is 37.7 Å². The molecule has 2 aliphatic carbocycles. The van der Waals surface area contributed by atoms with E-state index in [4.69, 9.17) is 4.74 Å². The summed E-state index contributed by atoms with van der Waals surface area (Å²) < 4.78 is 5.56. The van der Waals surface area contributed by atoms with Gasteiger partial charge in [0.2, 0.25) is 0 Å². The van der Waals surface area contributed by atoms with Crippen LogP contribution in [0.3, 0.4) is 0 Å². The third-order valence-electron chi connectivity index (χ3n) is 5.33. The lowest BCUT2D eigenvalue weighted by Crippen LogP contribution is -2.57. The van der Waals surface area contributed by atoms with Gasteiger partial charge in [0.1, 0.15) is 5.75 Å². The molecule has 0 heterocycles. The molecule has 110 valence electrons. The molecule has 0 unspecified atom stereocenters. The Morgan fingerprint density at radius 2 is 1.80 bits per heavy atom. The van der Waals surface area contributed by atoms with Crippen molar-refractivity contribution < 1.29 is 4.74 Å². The molecule has 20 heavy (non-hydrogen) atoms. The summed E-state index contributed by atoms with van der Waals surface area (Å²) in [5.74, 6) is 0.993. The third kappa shape index (κ3) is 2.35. The molecule has 2 saturated carbocycles. The number of hydrogen-bond acceptors (Lipinski definition) is 2. The predicted octanol–water partition coefficient (Wildman–Crippen LogP) is 3.90. The van der Waals surface area contributed by atoms with Crippen molar-refractivity contribution in [3.63, 3.8) is 0 Å². The minimum absolute atomic E-state index is 0.376. The van der Waals surface area contributed by atoms with E-state index in [1.54, 1.807) is 0 Å². The minimum Gasteiger partial charge on any atom is -0.494 e. The summed E-state index contributed by atoms with van der Waals surface area (Å²) in [5.41, 5.74) is 2.58. The van der Waals surface area contributed by atoms with Crippen LogP contribution in [0, 0.1) is 5.41 Å². The van der Waals surface area contributed by atoms with Crippen LogP contribution in [0.2, 0.25) is 0 Å². The van der Waals surface area contributed by atoms with Crippen LogP contribution >= 0.6 is 0 Å². The first-order valence-corrected chi connectivity index (χ1v) is 8.16. The molecule has 1 spiro atoms. The Balaban J connectivity index is 1.75. The van der Waals surface area contributed by atoms with Crippen molar-refractivity contribution in [1.29, 1.82) is 0 Å². The molecule has 2 heteroatoms. The van der Waals surface area contributed by atoms with Crippen LogP contribution in [0.1, 0.15) is 51.5 Å². The van der Waals surface area contributed by atoms with Gasteiger partial charge < -0.3 is 10.1 Å². The van der Waals surface area contributed by atoms with Gasteiger partial charge in [-0.1, -0.05) is 25.5 Å². The fraction of sp³-hybridized carbons (Fsp3) is 0.667. The molecule has 2 fully saturated rings. The first-order chi connectivity index (χ1) is 9.72. The zero-order valence-electron chi connectivity index (χ0n) is 12.9. The van der Waals surface area contributed by atoms with Crippen molar-refractivity contribution in [2.24, 2.45) is 5.41 Å². The Hall–Kier alpha value is -1.02. The van der Waals surface area contributed by atoms with Gasteiger partial charge in [0.25, 0.3) is 0 Å². The van der Waals surface area contributed by atoms with E-state index in [0.29, 0.717) is 10.8 Å². The van der Waals surface area contributed by atoms with Gasteiger partial charge in [0, 0.05) is 12.0 Å². The second kappa shape index (κ2) is 5.40. The van der Waals surface area contributed by atoms with Gasteiger partial charge in [0.15, 0.2) is 0 Å². The van der Waals surface area contributed by atoms with Gasteiger partial charge in [0.05, 0.1) is 6.61 Å². The lowest BCUT2D eigenvalue weighted by Gasteiger charge is -2.61. The highest BCUT2D eigenvalue weighted by Crippen LogP contribution is 2.64. The highest BCUT2D eigenvalue weighted by atomic mass is 16.5. The summed E-state index contributed by atoms with van der Waals surface area (Å²) in [5, 5.41) is 3.58. The number of likely N-dealkylation sites (N-methyl/N-ethyl adjacent to an activating group) is 1. The van der Waals surface area contributed by atoms with Gasteiger partial charge in [-0.25, -0.2) is 0 Å². The van der Waals surface area contributed by atoms with E-state index < -0.39 is 0 Å². The maximum atomic E-state index is 5.56. The Kier molecular flexibility index (Phi) is 3.76. The zero-order valence-corrected chi connectivity index (χ0v) is 12.9. The van der Waals surface area contributed by atoms with E-state index in [0.717, 1.165) is 25.4 Å². The monoisotopic (exact) mass is 273 g/mol. The van der Waals surface area contributed by atoms with Crippen molar-refractivity contribution >= 4 is 0 Å². The van der Waals surface area contributed by atoms with Crippen LogP contribution in [-0.4, -0.2) is 19.7 Å². The molecule has 0 aliphatic heterocycles. The molecule has 0 aromatic heterocycles. The Labute approximate surface area is 122 Å². The normalized spacial score (nSPS) is 22.1. The summed E-state index contributed by atoms with van der Waals surface area (Å²) in [6.07, 6.45) is 7.11. The highest BCUT2D eigenvalue weighted by Gasteiger charge is 2.57. The molecule has 1 aromatic rings. The first kappa shape index (κ1) is 13.9. The van der Waals surface area contributed by atoms with Crippen LogP contribution < -0.4 is 10.1 Å². The fourth-order valence-electron chi connectivity index (χ4n) is 4.28. The predicted molar refractivity (Wildman–Crippen MR) is 83.4 cm³/mol. The molecule has 0 radical (unpaired) electrons. The molecule has 0 saturated heterocycles. The standard InChI is InChI=1S/C18H27NO/c1-3-19-14-18(12-17(13-18)10-5-11-17)15-6-8-16(9-7-15)20-4-2/h6-9,19H,3-5,10-14H2,1-2H3. The largest absolute Gasteiger partial charge is 0.494 e. The summed E-state index contributed by atoms with van der Waals surface area (Å²) in [4.78, 5) is 0. The molecule has 0 atom stereocenters. The lowest BCUT2D eigenvalue weighted by atomic mass is 9.43. The Morgan fingerprint density at radius 3 is 2.30 bits per heavy atom. The summed E-state index contributed by atoms with van der Waals surface area (Å²) >= 11 is 0. The molecular formula is C18H27NO. The van der Waals surface area contributed by atoms with Crippen LogP contribution in [0.15, 0.2) is 24.3 Å². The number of rotatable bonds is 6. The SMILES string of the molecule is CCNCC1(c2ccc(OCC)cc2)CC2(CCC2)C1. The summed E-state index contributed by atoms with van der Waals surface area (Å²) in [6, 6.07) is 8.85. The van der Waals surface area contributed by atoms with Gasteiger partial charge in [-0.2, -0.15) is 0 Å². The average molecular weight is 273 g/mol. The number of ether oxygens (including phenoxy) is 1. The van der Waals surface area contributed by atoms with Crippen LogP contribution in [0.4, 0.5) is 0 Å². The van der Waals surface area contributed by atoms with Crippen molar-refractivity contribution in [3.8, 4) is 5.75 Å². The molecule has 0 bridgehead atoms. The van der Waals surface area contributed by atoms with Gasteiger partial charge >= 0.3 is 0 Å². The van der Waals surface area contributed by atoms with Crippen molar-refractivity contribution in [2.75, 3.05) is 19.7 Å². The molecule has 1 aromatic carbocycles. The first-order valence-electron chi connectivity index (χ1n) is 8.16. The van der Waals surface area contributed by atoms with E-state index in [9.17, 15) is 0 Å². The van der Waals surface area contributed by atoms with Crippen LogP contribution in [0.25, 0.3) is 0 Å². The highest BCUT2D eigenvalue weighted by molar-refractivity contribution is 5.36. The third-order valence-corrected chi connectivity index (χ3v) is 5.33. The van der Waals surface area contributed by atoms with E-state index in [-0.39, 0.29) is 0 Å². The van der Waals surface area contributed by atoms with Gasteiger partial charge in [-0.3, -0.25) is 0 Å². The second-order valence-electron chi connectivity index (χ2n) is 6.73. The average Bonchev–Trinajstić information content (AvgIpc) is 2.38. The lowest BCUT2D eigenvalue weighted by molar-refractivity contribution is -0.0480. The van der Waals surface area contributed by atoms with E-state index >= 15 is 0 Å². The fourth-order valence-corrected chi connectivity index (χ4v) is 4.28. The van der Waals surface area contributed by atoms with Crippen molar-refractivity contribution in [1.82, 2.24) is 5.32 Å². The van der Waals surface area contributed by atoms with Crippen LogP contribution in [-0.2, 0) is 5.41 Å². The van der Waals surface area contributed by atoms with E-state index in [1.807, 2.05) is 6.92 Å². The number of benzene rings is 1. The van der Waals surface area contributed by atoms with Crippen molar-refractivity contribution in [3.05, 3.63) is 29.8 Å². The molecule has 3 rings (SSSR count). The van der Waals surface area contributed by atoms with Crippen molar-refractivity contribution in [2.45, 2.75) is 51.4 Å². The van der Waals surface area contributed by atoms with Gasteiger partial charge in [-0.15, -0.1) is 0 Å².